The van der Waals surface area contributed by atoms with Crippen LogP contribution in [0.15, 0.2) is 54.6 Å². The SMILES string of the molecule is COC(=O)c1ccc([C@H](C)NC(=O)[C@@H]2CCC[C@H](C)N2CCOc2ccccc2)cc1. The molecule has 6 nitrogen and oxygen atoms in total. The first kappa shape index (κ1) is 22.8. The molecule has 0 saturated carbocycles. The van der Waals surface area contributed by atoms with Crippen LogP contribution in [0, 0.1) is 0 Å². The molecule has 6 heteroatoms. The first-order valence-electron chi connectivity index (χ1n) is 10.9. The molecule has 2 aromatic carbocycles. The number of nitrogens with one attached hydrogen (secondary N) is 1. The Labute approximate surface area is 184 Å². The number of esters is 1. The number of piperidine rings is 1. The number of ether oxygens (including phenoxy) is 2. The molecular weight excluding hydrogens is 392 g/mol. The molecule has 1 N–H and O–H groups in total. The summed E-state index contributed by atoms with van der Waals surface area (Å²) in [5.74, 6) is 0.515. The molecule has 0 aliphatic carbocycles. The van der Waals surface area contributed by atoms with Gasteiger partial charge in [0.2, 0.25) is 5.91 Å². The topological polar surface area (TPSA) is 67.9 Å². The van der Waals surface area contributed by atoms with Crippen molar-refractivity contribution in [3.05, 3.63) is 65.7 Å². The summed E-state index contributed by atoms with van der Waals surface area (Å²) in [6.45, 7) is 5.39. The lowest BCUT2D eigenvalue weighted by Crippen LogP contribution is -2.54. The summed E-state index contributed by atoms with van der Waals surface area (Å²) >= 11 is 0. The monoisotopic (exact) mass is 424 g/mol. The van der Waals surface area contributed by atoms with E-state index in [9.17, 15) is 9.59 Å². The van der Waals surface area contributed by atoms with Crippen LogP contribution in [-0.2, 0) is 9.53 Å². The van der Waals surface area contributed by atoms with Crippen LogP contribution in [0.3, 0.4) is 0 Å². The van der Waals surface area contributed by atoms with E-state index in [-0.39, 0.29) is 24.0 Å². The number of hydrogen-bond acceptors (Lipinski definition) is 5. The molecule has 2 aromatic rings. The van der Waals surface area contributed by atoms with Gasteiger partial charge in [-0.3, -0.25) is 9.69 Å². The largest absolute Gasteiger partial charge is 0.492 e. The number of methoxy groups -OCH3 is 1. The molecule has 0 spiro atoms. The number of para-hydroxylation sites is 1. The molecule has 0 aromatic heterocycles. The van der Waals surface area contributed by atoms with Crippen molar-refractivity contribution in [2.75, 3.05) is 20.3 Å². The fourth-order valence-corrected chi connectivity index (χ4v) is 4.11. The number of amides is 1. The fraction of sp³-hybridized carbons (Fsp3) is 0.440. The zero-order valence-corrected chi connectivity index (χ0v) is 18.5. The molecule has 1 aliphatic rings. The third-order valence-electron chi connectivity index (χ3n) is 5.92. The second-order valence-electron chi connectivity index (χ2n) is 8.04. The quantitative estimate of drug-likeness (QED) is 0.650. The Morgan fingerprint density at radius 1 is 1.10 bits per heavy atom. The molecule has 1 amide bonds. The maximum absolute atomic E-state index is 13.1. The first-order chi connectivity index (χ1) is 15.0. The maximum Gasteiger partial charge on any atom is 0.337 e. The molecule has 31 heavy (non-hydrogen) atoms. The zero-order chi connectivity index (χ0) is 22.2. The first-order valence-corrected chi connectivity index (χ1v) is 10.9. The van der Waals surface area contributed by atoms with Crippen LogP contribution < -0.4 is 10.1 Å². The molecule has 166 valence electrons. The highest BCUT2D eigenvalue weighted by molar-refractivity contribution is 5.89. The van der Waals surface area contributed by atoms with Gasteiger partial charge in [-0.05, 0) is 62.9 Å². The van der Waals surface area contributed by atoms with Gasteiger partial charge < -0.3 is 14.8 Å². The van der Waals surface area contributed by atoms with E-state index < -0.39 is 0 Å². The summed E-state index contributed by atoms with van der Waals surface area (Å²) in [6, 6.07) is 16.9. The van der Waals surface area contributed by atoms with Gasteiger partial charge in [-0.1, -0.05) is 30.3 Å². The van der Waals surface area contributed by atoms with Crippen molar-refractivity contribution in [1.29, 1.82) is 0 Å². The highest BCUT2D eigenvalue weighted by Crippen LogP contribution is 2.24. The number of nitrogens with zero attached hydrogens (tertiary/aromatic N) is 1. The van der Waals surface area contributed by atoms with Gasteiger partial charge in [0.05, 0.1) is 24.8 Å². The Hall–Kier alpha value is -2.86. The minimum Gasteiger partial charge on any atom is -0.492 e. The lowest BCUT2D eigenvalue weighted by Gasteiger charge is -2.40. The smallest absolute Gasteiger partial charge is 0.337 e. The number of likely N-dealkylation sites (tertiary alicyclic amines) is 1. The summed E-state index contributed by atoms with van der Waals surface area (Å²) in [5, 5.41) is 3.15. The highest BCUT2D eigenvalue weighted by Gasteiger charge is 2.33. The summed E-state index contributed by atoms with van der Waals surface area (Å²) in [6.07, 6.45) is 2.96. The van der Waals surface area contributed by atoms with Gasteiger partial charge in [0.1, 0.15) is 12.4 Å². The molecule has 0 bridgehead atoms. The molecule has 3 atom stereocenters. The van der Waals surface area contributed by atoms with Crippen molar-refractivity contribution in [1.82, 2.24) is 10.2 Å². The molecule has 1 saturated heterocycles. The van der Waals surface area contributed by atoms with Crippen LogP contribution in [0.1, 0.15) is 55.1 Å². The van der Waals surface area contributed by atoms with Crippen LogP contribution >= 0.6 is 0 Å². The number of carbonyl (C=O) groups excluding carboxylic acids is 2. The van der Waals surface area contributed by atoms with E-state index in [2.05, 4.69) is 17.1 Å². The summed E-state index contributed by atoms with van der Waals surface area (Å²) in [7, 11) is 1.36. The van der Waals surface area contributed by atoms with Crippen LogP contribution in [0.5, 0.6) is 5.75 Å². The minimum atomic E-state index is -0.368. The van der Waals surface area contributed by atoms with E-state index in [1.807, 2.05) is 49.4 Å². The summed E-state index contributed by atoms with van der Waals surface area (Å²) < 4.78 is 10.6. The molecular formula is C25H32N2O4. The van der Waals surface area contributed by atoms with Crippen LogP contribution in [0.4, 0.5) is 0 Å². The van der Waals surface area contributed by atoms with Crippen LogP contribution in [-0.4, -0.2) is 49.1 Å². The van der Waals surface area contributed by atoms with Gasteiger partial charge in [0.15, 0.2) is 0 Å². The van der Waals surface area contributed by atoms with Crippen molar-refractivity contribution in [3.8, 4) is 5.75 Å². The predicted molar refractivity (Wildman–Crippen MR) is 120 cm³/mol. The Morgan fingerprint density at radius 2 is 1.81 bits per heavy atom. The van der Waals surface area contributed by atoms with Gasteiger partial charge in [-0.25, -0.2) is 4.79 Å². The Bertz CT molecular complexity index is 854. The third kappa shape index (κ3) is 6.07. The molecule has 1 aliphatic heterocycles. The van der Waals surface area contributed by atoms with E-state index in [1.165, 1.54) is 7.11 Å². The average molecular weight is 425 g/mol. The molecule has 0 unspecified atom stereocenters. The van der Waals surface area contributed by atoms with E-state index >= 15 is 0 Å². The van der Waals surface area contributed by atoms with E-state index in [4.69, 9.17) is 9.47 Å². The molecule has 0 radical (unpaired) electrons. The van der Waals surface area contributed by atoms with Crippen molar-refractivity contribution >= 4 is 11.9 Å². The van der Waals surface area contributed by atoms with Gasteiger partial charge in [0, 0.05) is 12.6 Å². The van der Waals surface area contributed by atoms with Crippen molar-refractivity contribution in [2.45, 2.75) is 51.2 Å². The molecule has 1 heterocycles. The van der Waals surface area contributed by atoms with E-state index in [0.29, 0.717) is 24.8 Å². The van der Waals surface area contributed by atoms with Crippen molar-refractivity contribution in [2.24, 2.45) is 0 Å². The zero-order valence-electron chi connectivity index (χ0n) is 18.5. The second kappa shape index (κ2) is 11.0. The second-order valence-corrected chi connectivity index (χ2v) is 8.04. The Morgan fingerprint density at radius 3 is 2.48 bits per heavy atom. The Kier molecular flexibility index (Phi) is 8.06. The van der Waals surface area contributed by atoms with E-state index in [1.54, 1.807) is 12.1 Å². The van der Waals surface area contributed by atoms with Gasteiger partial charge >= 0.3 is 5.97 Å². The molecule has 3 rings (SSSR count). The lowest BCUT2D eigenvalue weighted by atomic mass is 9.95. The average Bonchev–Trinajstić information content (AvgIpc) is 2.80. The van der Waals surface area contributed by atoms with Crippen LogP contribution in [0.25, 0.3) is 0 Å². The Balaban J connectivity index is 1.59. The van der Waals surface area contributed by atoms with Gasteiger partial charge in [-0.15, -0.1) is 0 Å². The highest BCUT2D eigenvalue weighted by atomic mass is 16.5. The lowest BCUT2D eigenvalue weighted by molar-refractivity contribution is -0.129. The maximum atomic E-state index is 13.1. The van der Waals surface area contributed by atoms with Crippen molar-refractivity contribution < 1.29 is 19.1 Å². The summed E-state index contributed by atoms with van der Waals surface area (Å²) in [5.41, 5.74) is 1.44. The standard InChI is InChI=1S/C25H32N2O4/c1-18-8-7-11-23(27(18)16-17-31-22-9-5-4-6-10-22)24(28)26-19(2)20-12-14-21(15-13-20)25(29)30-3/h4-6,9-10,12-15,18-19,23H,7-8,11,16-17H2,1-3H3,(H,26,28)/t18-,19-,23-/m0/s1. The minimum absolute atomic E-state index is 0.0378. The number of carbonyl (C=O) groups is 2. The number of benzene rings is 2. The van der Waals surface area contributed by atoms with Crippen LogP contribution in [0.2, 0.25) is 0 Å². The van der Waals surface area contributed by atoms with Crippen molar-refractivity contribution in [3.63, 3.8) is 0 Å². The molecule has 1 fully saturated rings. The van der Waals surface area contributed by atoms with Gasteiger partial charge in [-0.2, -0.15) is 0 Å². The normalized spacial score (nSPS) is 20.0. The number of rotatable bonds is 8. The predicted octanol–water partition coefficient (Wildman–Crippen LogP) is 3.97. The number of hydrogen-bond donors (Lipinski definition) is 1. The van der Waals surface area contributed by atoms with E-state index in [0.717, 1.165) is 30.6 Å². The summed E-state index contributed by atoms with van der Waals surface area (Å²) in [4.78, 5) is 27.0. The third-order valence-corrected chi connectivity index (χ3v) is 5.92. The fourth-order valence-electron chi connectivity index (χ4n) is 4.11. The van der Waals surface area contributed by atoms with Gasteiger partial charge in [0.25, 0.3) is 0 Å².